The fourth-order valence-corrected chi connectivity index (χ4v) is 3.68. The summed E-state index contributed by atoms with van der Waals surface area (Å²) in [6.07, 6.45) is 5.24. The van der Waals surface area contributed by atoms with E-state index in [1.54, 1.807) is 0 Å². The van der Waals surface area contributed by atoms with E-state index in [0.717, 1.165) is 69.3 Å². The second kappa shape index (κ2) is 7.65. The summed E-state index contributed by atoms with van der Waals surface area (Å²) >= 11 is 0. The van der Waals surface area contributed by atoms with Crippen LogP contribution in [0.3, 0.4) is 0 Å². The predicted molar refractivity (Wildman–Crippen MR) is 92.4 cm³/mol. The van der Waals surface area contributed by atoms with E-state index in [2.05, 4.69) is 38.4 Å². The third-order valence-corrected chi connectivity index (χ3v) is 5.09. The van der Waals surface area contributed by atoms with Crippen LogP contribution in [0.1, 0.15) is 44.3 Å². The zero-order valence-corrected chi connectivity index (χ0v) is 14.6. The van der Waals surface area contributed by atoms with Crippen LogP contribution in [0.15, 0.2) is 4.99 Å². The molecule has 7 nitrogen and oxygen atoms in total. The zero-order chi connectivity index (χ0) is 16.9. The van der Waals surface area contributed by atoms with E-state index in [-0.39, 0.29) is 12.0 Å². The number of aromatic nitrogens is 3. The Labute approximate surface area is 143 Å². The Bertz CT molecular complexity index is 627. The minimum absolute atomic E-state index is 0.103. The molecule has 0 radical (unpaired) electrons. The summed E-state index contributed by atoms with van der Waals surface area (Å²) in [4.78, 5) is 4.79. The average molecular weight is 329 g/mol. The third-order valence-electron chi connectivity index (χ3n) is 5.09. The lowest BCUT2D eigenvalue weighted by Crippen LogP contribution is -2.45. The van der Waals surface area contributed by atoms with Gasteiger partial charge in [0.25, 0.3) is 0 Å². The highest BCUT2D eigenvalue weighted by Crippen LogP contribution is 2.25. The highest BCUT2D eigenvalue weighted by molar-refractivity contribution is 5.80. The molecule has 0 saturated heterocycles. The predicted octanol–water partition coefficient (Wildman–Crippen LogP) is 1.40. The normalized spacial score (nSPS) is 26.7. The Morgan fingerprint density at radius 2 is 2.25 bits per heavy atom. The van der Waals surface area contributed by atoms with E-state index in [1.165, 1.54) is 0 Å². The molecule has 3 unspecified atom stereocenters. The molecule has 7 heteroatoms. The Morgan fingerprint density at radius 3 is 3.04 bits per heavy atom. The van der Waals surface area contributed by atoms with Gasteiger partial charge in [0.2, 0.25) is 0 Å². The van der Waals surface area contributed by atoms with Crippen LogP contribution in [0.5, 0.6) is 0 Å². The van der Waals surface area contributed by atoms with Crippen LogP contribution in [-0.2, 0) is 13.0 Å². The molecule has 0 spiro atoms. The van der Waals surface area contributed by atoms with Crippen LogP contribution in [0, 0.1) is 30.1 Å². The summed E-state index contributed by atoms with van der Waals surface area (Å²) < 4.78 is 2.21. The molecule has 130 valence electrons. The van der Waals surface area contributed by atoms with Gasteiger partial charge in [-0.2, -0.15) is 5.26 Å². The molecule has 3 atom stereocenters. The van der Waals surface area contributed by atoms with E-state index in [1.807, 2.05) is 6.92 Å². The Hall–Kier alpha value is -2.10. The summed E-state index contributed by atoms with van der Waals surface area (Å²) in [5, 5.41) is 24.4. The van der Waals surface area contributed by atoms with Crippen molar-refractivity contribution in [3.63, 3.8) is 0 Å². The number of guanidine groups is 1. The summed E-state index contributed by atoms with van der Waals surface area (Å²) in [6.45, 7) is 6.64. The number of hydrogen-bond acceptors (Lipinski definition) is 4. The Morgan fingerprint density at radius 1 is 1.38 bits per heavy atom. The fourth-order valence-electron chi connectivity index (χ4n) is 3.68. The van der Waals surface area contributed by atoms with Crippen LogP contribution in [0.25, 0.3) is 0 Å². The molecule has 24 heavy (non-hydrogen) atoms. The van der Waals surface area contributed by atoms with Crippen molar-refractivity contribution in [2.45, 2.75) is 58.5 Å². The monoisotopic (exact) mass is 329 g/mol. The van der Waals surface area contributed by atoms with Crippen molar-refractivity contribution in [2.24, 2.45) is 16.8 Å². The summed E-state index contributed by atoms with van der Waals surface area (Å²) in [7, 11) is 0. The lowest BCUT2D eigenvalue weighted by Gasteiger charge is -2.24. The molecule has 1 aromatic rings. The first kappa shape index (κ1) is 16.7. The molecule has 1 aliphatic heterocycles. The molecule has 2 aliphatic rings. The highest BCUT2D eigenvalue weighted by atomic mass is 15.3. The maximum absolute atomic E-state index is 9.25. The van der Waals surface area contributed by atoms with Crippen LogP contribution in [0.2, 0.25) is 0 Å². The smallest absolute Gasteiger partial charge is 0.191 e. The molecule has 1 aliphatic carbocycles. The number of nitrogens with zero attached hydrogens (tertiary/aromatic N) is 5. The summed E-state index contributed by atoms with van der Waals surface area (Å²) in [6, 6.07) is 2.65. The molecule has 1 aromatic heterocycles. The SMILES string of the molecule is CCNC(=NCC1CCc2nnc(C)n2C1)NC1CCCC1C#N. The fraction of sp³-hybridized carbons (Fsp3) is 0.765. The third kappa shape index (κ3) is 3.69. The molecule has 0 aromatic carbocycles. The van der Waals surface area contributed by atoms with E-state index in [9.17, 15) is 5.26 Å². The molecule has 2 heterocycles. The lowest BCUT2D eigenvalue weighted by atomic mass is 9.99. The van der Waals surface area contributed by atoms with Crippen LogP contribution < -0.4 is 10.6 Å². The number of nitrogens with one attached hydrogen (secondary N) is 2. The van der Waals surface area contributed by atoms with Gasteiger partial charge in [-0.05, 0) is 45.4 Å². The Kier molecular flexibility index (Phi) is 5.34. The van der Waals surface area contributed by atoms with Crippen molar-refractivity contribution in [3.05, 3.63) is 11.6 Å². The number of nitriles is 1. The van der Waals surface area contributed by atoms with Crippen molar-refractivity contribution in [1.82, 2.24) is 25.4 Å². The van der Waals surface area contributed by atoms with Crippen LogP contribution in [-0.4, -0.2) is 39.9 Å². The van der Waals surface area contributed by atoms with Gasteiger partial charge in [0.15, 0.2) is 5.96 Å². The molecule has 2 N–H and O–H groups in total. The zero-order valence-electron chi connectivity index (χ0n) is 14.6. The maximum Gasteiger partial charge on any atom is 0.191 e. The quantitative estimate of drug-likeness (QED) is 0.643. The number of rotatable bonds is 4. The summed E-state index contributed by atoms with van der Waals surface area (Å²) in [5.74, 6) is 3.55. The molecule has 0 bridgehead atoms. The first-order valence-corrected chi connectivity index (χ1v) is 9.04. The van der Waals surface area contributed by atoms with Crippen LogP contribution >= 0.6 is 0 Å². The van der Waals surface area contributed by atoms with Gasteiger partial charge in [-0.25, -0.2) is 0 Å². The van der Waals surface area contributed by atoms with E-state index in [0.29, 0.717) is 5.92 Å². The van der Waals surface area contributed by atoms with Crippen molar-refractivity contribution in [1.29, 1.82) is 5.26 Å². The maximum atomic E-state index is 9.25. The van der Waals surface area contributed by atoms with Crippen molar-refractivity contribution in [2.75, 3.05) is 13.1 Å². The van der Waals surface area contributed by atoms with Gasteiger partial charge in [0.1, 0.15) is 11.6 Å². The van der Waals surface area contributed by atoms with Crippen molar-refractivity contribution < 1.29 is 0 Å². The topological polar surface area (TPSA) is 90.9 Å². The standard InChI is InChI=1S/C17H27N7/c1-3-19-17(21-15-6-4-5-14(15)9-18)20-10-13-7-8-16-23-22-12(2)24(16)11-13/h13-15H,3-8,10-11H2,1-2H3,(H2,19,20,21). The lowest BCUT2D eigenvalue weighted by molar-refractivity contribution is 0.369. The summed E-state index contributed by atoms with van der Waals surface area (Å²) in [5.41, 5.74) is 0. The average Bonchev–Trinajstić information content (AvgIpc) is 3.19. The Balaban J connectivity index is 1.60. The molecular weight excluding hydrogens is 302 g/mol. The molecule has 0 amide bonds. The van der Waals surface area contributed by atoms with Gasteiger partial charge in [0.05, 0.1) is 12.0 Å². The number of aryl methyl sites for hydroxylation is 2. The largest absolute Gasteiger partial charge is 0.357 e. The molecule has 1 fully saturated rings. The van der Waals surface area contributed by atoms with E-state index >= 15 is 0 Å². The van der Waals surface area contributed by atoms with E-state index in [4.69, 9.17) is 4.99 Å². The molecular formula is C17H27N7. The van der Waals surface area contributed by atoms with Crippen molar-refractivity contribution in [3.8, 4) is 6.07 Å². The molecule has 3 rings (SSSR count). The van der Waals surface area contributed by atoms with Crippen LogP contribution in [0.4, 0.5) is 0 Å². The van der Waals surface area contributed by atoms with Gasteiger partial charge in [-0.3, -0.25) is 4.99 Å². The minimum atomic E-state index is 0.103. The number of aliphatic imine (C=N–C) groups is 1. The first-order chi connectivity index (χ1) is 11.7. The van der Waals surface area contributed by atoms with Gasteiger partial charge in [-0.1, -0.05) is 0 Å². The number of hydrogen-bond donors (Lipinski definition) is 2. The van der Waals surface area contributed by atoms with Gasteiger partial charge in [0, 0.05) is 32.1 Å². The number of fused-ring (bicyclic) bond motifs is 1. The van der Waals surface area contributed by atoms with Gasteiger partial charge in [-0.15, -0.1) is 10.2 Å². The first-order valence-electron chi connectivity index (χ1n) is 9.04. The molecule has 1 saturated carbocycles. The second-order valence-electron chi connectivity index (χ2n) is 6.82. The van der Waals surface area contributed by atoms with Gasteiger partial charge < -0.3 is 15.2 Å². The van der Waals surface area contributed by atoms with E-state index < -0.39 is 0 Å². The second-order valence-corrected chi connectivity index (χ2v) is 6.82. The van der Waals surface area contributed by atoms with Crippen molar-refractivity contribution >= 4 is 5.96 Å². The van der Waals surface area contributed by atoms with Gasteiger partial charge >= 0.3 is 0 Å². The highest BCUT2D eigenvalue weighted by Gasteiger charge is 2.28. The minimum Gasteiger partial charge on any atom is -0.357 e.